The van der Waals surface area contributed by atoms with Crippen molar-refractivity contribution >= 4 is 62.2 Å². The largest absolute Gasteiger partial charge is 0.349 e. The van der Waals surface area contributed by atoms with E-state index in [1.54, 1.807) is 31.2 Å². The lowest BCUT2D eigenvalue weighted by atomic mass is 9.95. The summed E-state index contributed by atoms with van der Waals surface area (Å²) in [4.78, 5) is 24.8. The number of nitrogens with zero attached hydrogens (tertiary/aromatic N) is 4. The predicted octanol–water partition coefficient (Wildman–Crippen LogP) is 5.18. The molecule has 1 fully saturated rings. The van der Waals surface area contributed by atoms with Gasteiger partial charge in [0.05, 0.1) is 27.1 Å². The van der Waals surface area contributed by atoms with E-state index in [0.29, 0.717) is 17.0 Å². The van der Waals surface area contributed by atoms with Crippen LogP contribution in [0.5, 0.6) is 0 Å². The molecule has 2 aromatic rings. The minimum atomic E-state index is -4.60. The normalized spacial score (nSPS) is 19.1. The minimum absolute atomic E-state index is 0.0319. The van der Waals surface area contributed by atoms with Crippen LogP contribution in [-0.2, 0) is 14.9 Å². The Morgan fingerprint density at radius 3 is 2.42 bits per heavy atom. The SMILES string of the molecule is CC1=NN(c2cc(Cl)c(S(=O)(=O)O)cc2Cl)C(=O)C1N=Nc1ccc(C(=O)NC2CCCCC2)cc1. The van der Waals surface area contributed by atoms with E-state index in [-0.39, 0.29) is 27.7 Å². The van der Waals surface area contributed by atoms with Gasteiger partial charge in [-0.3, -0.25) is 14.1 Å². The fourth-order valence-electron chi connectivity index (χ4n) is 4.06. The fraction of sp³-hybridized carbons (Fsp3) is 0.348. The molecule has 2 N–H and O–H groups in total. The molecule has 36 heavy (non-hydrogen) atoms. The van der Waals surface area contributed by atoms with Gasteiger partial charge in [0.15, 0.2) is 6.04 Å². The van der Waals surface area contributed by atoms with Gasteiger partial charge in [0.2, 0.25) is 0 Å². The number of halogens is 2. The van der Waals surface area contributed by atoms with Crippen molar-refractivity contribution in [3.63, 3.8) is 0 Å². The van der Waals surface area contributed by atoms with Crippen molar-refractivity contribution in [2.75, 3.05) is 5.01 Å². The van der Waals surface area contributed by atoms with Crippen molar-refractivity contribution in [2.24, 2.45) is 15.3 Å². The van der Waals surface area contributed by atoms with Gasteiger partial charge in [-0.15, -0.1) is 0 Å². The Labute approximate surface area is 218 Å². The summed E-state index contributed by atoms with van der Waals surface area (Å²) in [6, 6.07) is 7.79. The van der Waals surface area contributed by atoms with Crippen molar-refractivity contribution < 1.29 is 22.6 Å². The van der Waals surface area contributed by atoms with E-state index in [1.807, 2.05) is 0 Å². The fourth-order valence-corrected chi connectivity index (χ4v) is 5.39. The molecule has 1 unspecified atom stereocenters. The lowest BCUT2D eigenvalue weighted by molar-refractivity contribution is -0.117. The highest BCUT2D eigenvalue weighted by atomic mass is 35.5. The molecule has 10 nitrogen and oxygen atoms in total. The number of rotatable bonds is 6. The summed E-state index contributed by atoms with van der Waals surface area (Å²) >= 11 is 12.1. The number of amides is 2. The molecule has 190 valence electrons. The molecule has 2 aromatic carbocycles. The van der Waals surface area contributed by atoms with Crippen LogP contribution in [0.2, 0.25) is 10.0 Å². The monoisotopic (exact) mass is 551 g/mol. The molecule has 4 rings (SSSR count). The third-order valence-electron chi connectivity index (χ3n) is 5.96. The van der Waals surface area contributed by atoms with Gasteiger partial charge in [-0.1, -0.05) is 42.5 Å². The quantitative estimate of drug-likeness (QED) is 0.375. The molecule has 1 aliphatic heterocycles. The van der Waals surface area contributed by atoms with E-state index in [9.17, 15) is 22.6 Å². The van der Waals surface area contributed by atoms with Crippen LogP contribution in [0.3, 0.4) is 0 Å². The van der Waals surface area contributed by atoms with Crippen LogP contribution in [0, 0.1) is 0 Å². The molecule has 1 aliphatic carbocycles. The van der Waals surface area contributed by atoms with Crippen LogP contribution in [-0.4, -0.2) is 42.6 Å². The molecule has 1 saturated carbocycles. The molecule has 1 heterocycles. The van der Waals surface area contributed by atoms with E-state index < -0.39 is 27.0 Å². The van der Waals surface area contributed by atoms with E-state index >= 15 is 0 Å². The molecule has 1 atom stereocenters. The zero-order valence-electron chi connectivity index (χ0n) is 19.2. The van der Waals surface area contributed by atoms with Crippen molar-refractivity contribution in [3.05, 3.63) is 52.0 Å². The number of carbonyl (C=O) groups is 2. The maximum Gasteiger partial charge on any atom is 0.296 e. The van der Waals surface area contributed by atoms with Crippen LogP contribution in [0.25, 0.3) is 0 Å². The van der Waals surface area contributed by atoms with Crippen LogP contribution in [0.1, 0.15) is 49.4 Å². The molecule has 0 bridgehead atoms. The Morgan fingerprint density at radius 1 is 1.11 bits per heavy atom. The second-order valence-electron chi connectivity index (χ2n) is 8.57. The second kappa shape index (κ2) is 10.6. The number of hydrogen-bond donors (Lipinski definition) is 2. The summed E-state index contributed by atoms with van der Waals surface area (Å²) in [6.45, 7) is 1.59. The van der Waals surface area contributed by atoms with Crippen molar-refractivity contribution in [2.45, 2.75) is 56.0 Å². The van der Waals surface area contributed by atoms with Gasteiger partial charge < -0.3 is 5.32 Å². The summed E-state index contributed by atoms with van der Waals surface area (Å²) in [5, 5.41) is 15.9. The first-order valence-electron chi connectivity index (χ1n) is 11.2. The summed E-state index contributed by atoms with van der Waals surface area (Å²) in [5.74, 6) is -0.706. The summed E-state index contributed by atoms with van der Waals surface area (Å²) < 4.78 is 32.1. The molecule has 0 radical (unpaired) electrons. The van der Waals surface area contributed by atoms with Crippen LogP contribution in [0.4, 0.5) is 11.4 Å². The van der Waals surface area contributed by atoms with Crippen LogP contribution in [0.15, 0.2) is 56.6 Å². The molecule has 2 aliphatic rings. The van der Waals surface area contributed by atoms with Gasteiger partial charge in [-0.2, -0.15) is 28.8 Å². The van der Waals surface area contributed by atoms with Gasteiger partial charge in [0.25, 0.3) is 21.9 Å². The Balaban J connectivity index is 1.45. The summed E-state index contributed by atoms with van der Waals surface area (Å²) in [5.41, 5.74) is 1.32. The van der Waals surface area contributed by atoms with Crippen LogP contribution < -0.4 is 10.3 Å². The zero-order valence-corrected chi connectivity index (χ0v) is 21.5. The van der Waals surface area contributed by atoms with E-state index in [2.05, 4.69) is 20.6 Å². The van der Waals surface area contributed by atoms with Gasteiger partial charge in [-0.05, 0) is 56.2 Å². The number of azo groups is 1. The van der Waals surface area contributed by atoms with Crippen molar-refractivity contribution in [1.29, 1.82) is 0 Å². The van der Waals surface area contributed by atoms with E-state index in [0.717, 1.165) is 42.8 Å². The molecular formula is C23H23Cl2N5O5S. The highest BCUT2D eigenvalue weighted by Crippen LogP contribution is 2.36. The van der Waals surface area contributed by atoms with Gasteiger partial charge in [0, 0.05) is 11.6 Å². The van der Waals surface area contributed by atoms with Gasteiger partial charge in [-0.25, -0.2) is 0 Å². The Kier molecular flexibility index (Phi) is 7.74. The molecule has 0 aromatic heterocycles. The van der Waals surface area contributed by atoms with Crippen LogP contribution >= 0.6 is 23.2 Å². The number of nitrogens with one attached hydrogen (secondary N) is 1. The van der Waals surface area contributed by atoms with E-state index in [1.165, 1.54) is 6.42 Å². The Morgan fingerprint density at radius 2 is 1.78 bits per heavy atom. The maximum atomic E-state index is 13.0. The second-order valence-corrected chi connectivity index (χ2v) is 10.8. The first kappa shape index (κ1) is 26.2. The molecule has 13 heteroatoms. The molecule has 0 spiro atoms. The third-order valence-corrected chi connectivity index (χ3v) is 7.58. The van der Waals surface area contributed by atoms with Gasteiger partial charge in [0.1, 0.15) is 4.90 Å². The number of hydrogen-bond acceptors (Lipinski definition) is 7. The maximum absolute atomic E-state index is 13.0. The average Bonchev–Trinajstić information content (AvgIpc) is 3.12. The highest BCUT2D eigenvalue weighted by molar-refractivity contribution is 7.86. The lowest BCUT2D eigenvalue weighted by Crippen LogP contribution is -2.36. The number of benzene rings is 2. The number of hydrazone groups is 1. The summed E-state index contributed by atoms with van der Waals surface area (Å²) in [7, 11) is -4.60. The topological polar surface area (TPSA) is 141 Å². The first-order chi connectivity index (χ1) is 17.0. The zero-order chi connectivity index (χ0) is 26.0. The standard InChI is InChI=1S/C23H23Cl2N5O5S/c1-13-21(23(32)30(29-13)19-11-18(25)20(12-17(19)24)36(33,34)35)28-27-16-9-7-14(8-10-16)22(31)26-15-5-3-2-4-6-15/h7-12,15,21H,2-6H2,1H3,(H,26,31)(H,33,34,35). The van der Waals surface area contributed by atoms with Gasteiger partial charge >= 0.3 is 0 Å². The summed E-state index contributed by atoms with van der Waals surface area (Å²) in [6.07, 6.45) is 5.44. The Bertz CT molecular complexity index is 1360. The minimum Gasteiger partial charge on any atom is -0.349 e. The smallest absolute Gasteiger partial charge is 0.296 e. The highest BCUT2D eigenvalue weighted by Gasteiger charge is 2.36. The Hall–Kier alpha value is -2.86. The lowest BCUT2D eigenvalue weighted by Gasteiger charge is -2.22. The molecular weight excluding hydrogens is 529 g/mol. The average molecular weight is 552 g/mol. The molecule has 0 saturated heterocycles. The predicted molar refractivity (Wildman–Crippen MR) is 136 cm³/mol. The van der Waals surface area contributed by atoms with E-state index in [4.69, 9.17) is 23.2 Å². The third kappa shape index (κ3) is 5.75. The number of anilines is 1. The van der Waals surface area contributed by atoms with Crippen molar-refractivity contribution in [1.82, 2.24) is 5.32 Å². The molecule has 2 amide bonds. The number of carbonyl (C=O) groups excluding carboxylic acids is 2. The van der Waals surface area contributed by atoms with Crippen molar-refractivity contribution in [3.8, 4) is 0 Å². The first-order valence-corrected chi connectivity index (χ1v) is 13.4.